The van der Waals surface area contributed by atoms with Gasteiger partial charge < -0.3 is 4.57 Å². The van der Waals surface area contributed by atoms with Crippen LogP contribution in [0.15, 0.2) is 29.4 Å². The van der Waals surface area contributed by atoms with Crippen LogP contribution < -0.4 is 0 Å². The molecule has 116 valence electrons. The van der Waals surface area contributed by atoms with Crippen molar-refractivity contribution in [3.05, 3.63) is 41.5 Å². The van der Waals surface area contributed by atoms with Gasteiger partial charge in [0, 0.05) is 13.1 Å². The van der Waals surface area contributed by atoms with E-state index in [1.54, 1.807) is 12.4 Å². The van der Waals surface area contributed by atoms with E-state index in [-0.39, 0.29) is 6.04 Å². The van der Waals surface area contributed by atoms with E-state index in [4.69, 9.17) is 0 Å². The zero-order chi connectivity index (χ0) is 15.3. The second-order valence-corrected chi connectivity index (χ2v) is 7.98. The van der Waals surface area contributed by atoms with Gasteiger partial charge in [-0.15, -0.1) is 10.2 Å². The molecule has 1 fully saturated rings. The van der Waals surface area contributed by atoms with Crippen LogP contribution in [0.25, 0.3) is 0 Å². The second kappa shape index (κ2) is 4.89. The number of aromatic nitrogens is 3. The zero-order valence-electron chi connectivity index (χ0n) is 12.4. The van der Waals surface area contributed by atoms with Crippen molar-refractivity contribution in [1.29, 1.82) is 0 Å². The first-order valence-corrected chi connectivity index (χ1v) is 8.98. The van der Waals surface area contributed by atoms with Gasteiger partial charge in [0.05, 0.1) is 10.9 Å². The Hall–Kier alpha value is -1.73. The summed E-state index contributed by atoms with van der Waals surface area (Å²) >= 11 is 0. The number of benzene rings is 1. The normalized spacial score (nSPS) is 19.1. The lowest BCUT2D eigenvalue weighted by atomic mass is 10.1. The number of sulfonamides is 1. The molecule has 0 atom stereocenters. The molecular weight excluding hydrogens is 300 g/mol. The summed E-state index contributed by atoms with van der Waals surface area (Å²) in [6, 6.07) is 5.71. The van der Waals surface area contributed by atoms with Crippen LogP contribution in [0.4, 0.5) is 0 Å². The molecule has 1 aliphatic heterocycles. The molecule has 2 aromatic rings. The minimum Gasteiger partial charge on any atom is -0.312 e. The fourth-order valence-corrected chi connectivity index (χ4v) is 4.87. The lowest BCUT2D eigenvalue weighted by Crippen LogP contribution is -2.50. The summed E-state index contributed by atoms with van der Waals surface area (Å²) in [6.45, 7) is 2.85. The summed E-state index contributed by atoms with van der Waals surface area (Å²) in [4.78, 5) is 0.423. The average Bonchev–Trinajstić information content (AvgIpc) is 3.05. The number of hydrogen-bond acceptors (Lipinski definition) is 4. The van der Waals surface area contributed by atoms with E-state index < -0.39 is 10.0 Å². The Kier molecular flexibility index (Phi) is 3.09. The maximum atomic E-state index is 12.7. The predicted octanol–water partition coefficient (Wildman–Crippen LogP) is 1.32. The third kappa shape index (κ3) is 2.07. The highest BCUT2D eigenvalue weighted by atomic mass is 32.2. The first-order chi connectivity index (χ1) is 10.6. The van der Waals surface area contributed by atoms with Gasteiger partial charge in [-0.3, -0.25) is 0 Å². The first kappa shape index (κ1) is 13.9. The average molecular weight is 318 g/mol. The number of nitrogens with zero attached hydrogens (tertiary/aromatic N) is 4. The van der Waals surface area contributed by atoms with Crippen LogP contribution in [-0.4, -0.2) is 40.6 Å². The molecule has 1 aliphatic carbocycles. The minimum atomic E-state index is -3.38. The van der Waals surface area contributed by atoms with Crippen molar-refractivity contribution >= 4 is 10.0 Å². The van der Waals surface area contributed by atoms with E-state index in [9.17, 15) is 8.42 Å². The fourth-order valence-electron chi connectivity index (χ4n) is 3.31. The summed E-state index contributed by atoms with van der Waals surface area (Å²) in [6.07, 6.45) is 4.84. The Bertz CT molecular complexity index is 822. The Morgan fingerprint density at radius 1 is 1.18 bits per heavy atom. The number of aryl methyl sites for hydroxylation is 3. The summed E-state index contributed by atoms with van der Waals surface area (Å²) < 4.78 is 28.9. The lowest BCUT2D eigenvalue weighted by molar-refractivity contribution is 0.201. The van der Waals surface area contributed by atoms with Gasteiger partial charge in [0.2, 0.25) is 10.0 Å². The number of rotatable bonds is 3. The molecule has 1 saturated heterocycles. The Labute approximate surface area is 129 Å². The quantitative estimate of drug-likeness (QED) is 0.856. The van der Waals surface area contributed by atoms with Gasteiger partial charge in [-0.2, -0.15) is 4.31 Å². The number of hydrogen-bond donors (Lipinski definition) is 0. The highest BCUT2D eigenvalue weighted by Crippen LogP contribution is 2.31. The van der Waals surface area contributed by atoms with Crippen molar-refractivity contribution in [2.24, 2.45) is 0 Å². The second-order valence-electron chi connectivity index (χ2n) is 6.05. The molecule has 2 heterocycles. The van der Waals surface area contributed by atoms with Gasteiger partial charge in [-0.1, -0.05) is 6.07 Å². The van der Waals surface area contributed by atoms with Crippen LogP contribution in [0.5, 0.6) is 0 Å². The lowest BCUT2D eigenvalue weighted by Gasteiger charge is -2.38. The van der Waals surface area contributed by atoms with Crippen molar-refractivity contribution in [2.75, 3.05) is 13.1 Å². The fraction of sp³-hybridized carbons (Fsp3) is 0.467. The molecule has 0 bridgehead atoms. The van der Waals surface area contributed by atoms with Crippen LogP contribution in [0, 0.1) is 6.92 Å². The van der Waals surface area contributed by atoms with Crippen LogP contribution in [0.3, 0.4) is 0 Å². The van der Waals surface area contributed by atoms with Crippen LogP contribution in [0.1, 0.15) is 29.4 Å². The van der Waals surface area contributed by atoms with E-state index in [0.29, 0.717) is 18.0 Å². The van der Waals surface area contributed by atoms with Crippen molar-refractivity contribution in [1.82, 2.24) is 19.1 Å². The van der Waals surface area contributed by atoms with Gasteiger partial charge in [0.15, 0.2) is 0 Å². The summed E-state index contributed by atoms with van der Waals surface area (Å²) in [5, 5.41) is 7.80. The van der Waals surface area contributed by atoms with Gasteiger partial charge in [0.25, 0.3) is 0 Å². The van der Waals surface area contributed by atoms with Crippen molar-refractivity contribution in [3.63, 3.8) is 0 Å². The van der Waals surface area contributed by atoms with E-state index in [1.807, 2.05) is 23.6 Å². The molecule has 0 amide bonds. The molecule has 4 rings (SSSR count). The maximum Gasteiger partial charge on any atom is 0.243 e. The maximum absolute atomic E-state index is 12.7. The molecule has 2 aliphatic rings. The Balaban J connectivity index is 1.55. The highest BCUT2D eigenvalue weighted by Gasteiger charge is 2.38. The molecule has 0 unspecified atom stereocenters. The third-order valence-electron chi connectivity index (χ3n) is 4.68. The molecule has 0 spiro atoms. The Morgan fingerprint density at radius 3 is 2.68 bits per heavy atom. The van der Waals surface area contributed by atoms with E-state index >= 15 is 0 Å². The molecule has 0 N–H and O–H groups in total. The number of fused-ring (bicyclic) bond motifs is 1. The smallest absolute Gasteiger partial charge is 0.243 e. The van der Waals surface area contributed by atoms with Crippen LogP contribution in [0.2, 0.25) is 0 Å². The van der Waals surface area contributed by atoms with E-state index in [2.05, 4.69) is 10.2 Å². The van der Waals surface area contributed by atoms with Gasteiger partial charge in [-0.25, -0.2) is 8.42 Å². The highest BCUT2D eigenvalue weighted by molar-refractivity contribution is 7.89. The largest absolute Gasteiger partial charge is 0.312 e. The summed E-state index contributed by atoms with van der Waals surface area (Å²) in [5.41, 5.74) is 2.48. The third-order valence-corrected chi connectivity index (χ3v) is 6.51. The van der Waals surface area contributed by atoms with Crippen molar-refractivity contribution in [2.45, 2.75) is 37.1 Å². The minimum absolute atomic E-state index is 0.138. The topological polar surface area (TPSA) is 68.1 Å². The molecule has 6 nitrogen and oxygen atoms in total. The van der Waals surface area contributed by atoms with Gasteiger partial charge in [-0.05, 0) is 49.4 Å². The molecule has 22 heavy (non-hydrogen) atoms. The predicted molar refractivity (Wildman–Crippen MR) is 81.0 cm³/mol. The molecule has 1 aromatic heterocycles. The molecule has 0 saturated carbocycles. The van der Waals surface area contributed by atoms with Gasteiger partial charge in [0.1, 0.15) is 12.2 Å². The van der Waals surface area contributed by atoms with Gasteiger partial charge >= 0.3 is 0 Å². The standard InChI is InChI=1S/C15H18N4O2S/c1-11-17-16-10-19(11)14-8-18(9-14)22(20,21)15-6-5-12-3-2-4-13(12)7-15/h5-7,10,14H,2-4,8-9H2,1H3. The Morgan fingerprint density at radius 2 is 1.95 bits per heavy atom. The summed E-state index contributed by atoms with van der Waals surface area (Å²) in [5.74, 6) is 0.819. The van der Waals surface area contributed by atoms with Crippen molar-refractivity contribution in [3.8, 4) is 0 Å². The SMILES string of the molecule is Cc1nncn1C1CN(S(=O)(=O)c2ccc3c(c2)CCC3)C1. The van der Waals surface area contributed by atoms with E-state index in [1.165, 1.54) is 15.4 Å². The molecule has 7 heteroatoms. The van der Waals surface area contributed by atoms with Crippen molar-refractivity contribution < 1.29 is 8.42 Å². The summed E-state index contributed by atoms with van der Waals surface area (Å²) in [7, 11) is -3.38. The van der Waals surface area contributed by atoms with Crippen LogP contribution >= 0.6 is 0 Å². The zero-order valence-corrected chi connectivity index (χ0v) is 13.3. The van der Waals surface area contributed by atoms with E-state index in [0.717, 1.165) is 25.1 Å². The van der Waals surface area contributed by atoms with Crippen LogP contribution in [-0.2, 0) is 22.9 Å². The monoisotopic (exact) mass is 318 g/mol. The molecule has 1 aromatic carbocycles. The first-order valence-electron chi connectivity index (χ1n) is 7.54. The molecule has 0 radical (unpaired) electrons. The molecular formula is C15H18N4O2S.